The quantitative estimate of drug-likeness (QED) is 0.806. The molecule has 1 aliphatic heterocycles. The Morgan fingerprint density at radius 3 is 2.78 bits per heavy atom. The molecule has 1 aromatic heterocycles. The summed E-state index contributed by atoms with van der Waals surface area (Å²) in [6.07, 6.45) is 2.80. The average molecular weight is 329 g/mol. The molecule has 0 bridgehead atoms. The van der Waals surface area contributed by atoms with Crippen molar-refractivity contribution in [3.05, 3.63) is 57.8 Å². The van der Waals surface area contributed by atoms with E-state index >= 15 is 0 Å². The molecule has 2 aromatic rings. The summed E-state index contributed by atoms with van der Waals surface area (Å²) >= 11 is 1.70. The summed E-state index contributed by atoms with van der Waals surface area (Å²) in [5.41, 5.74) is 2.29. The largest absolute Gasteiger partial charge is 0.376 e. The Morgan fingerprint density at radius 2 is 2.13 bits per heavy atom. The summed E-state index contributed by atoms with van der Waals surface area (Å²) < 4.78 is 5.73. The molecule has 1 fully saturated rings. The molecule has 3 rings (SSSR count). The van der Waals surface area contributed by atoms with Crippen molar-refractivity contribution in [2.75, 3.05) is 13.2 Å². The third-order valence-electron chi connectivity index (χ3n) is 4.20. The summed E-state index contributed by atoms with van der Waals surface area (Å²) in [7, 11) is 0. The number of amides is 1. The number of benzene rings is 1. The van der Waals surface area contributed by atoms with Crippen LogP contribution in [0.3, 0.4) is 0 Å². The summed E-state index contributed by atoms with van der Waals surface area (Å²) in [5, 5.41) is 2.06. The molecule has 23 heavy (non-hydrogen) atoms. The molecule has 0 radical (unpaired) electrons. The van der Waals surface area contributed by atoms with E-state index in [9.17, 15) is 4.79 Å². The minimum absolute atomic E-state index is 0.178. The predicted octanol–water partition coefficient (Wildman–Crippen LogP) is 3.81. The first-order valence-corrected chi connectivity index (χ1v) is 9.06. The number of rotatable bonds is 6. The lowest BCUT2D eigenvalue weighted by Gasteiger charge is -2.25. The van der Waals surface area contributed by atoms with Crippen molar-refractivity contribution < 1.29 is 9.53 Å². The van der Waals surface area contributed by atoms with Crippen LogP contribution in [0.5, 0.6) is 0 Å². The van der Waals surface area contributed by atoms with E-state index < -0.39 is 0 Å². The molecule has 122 valence electrons. The molecule has 1 unspecified atom stereocenters. The molecule has 3 nitrogen and oxygen atoms in total. The zero-order valence-corrected chi connectivity index (χ0v) is 14.3. The van der Waals surface area contributed by atoms with E-state index in [0.29, 0.717) is 19.5 Å². The SMILES string of the molecule is Cc1ccc(CC(=O)N(Cc2cccs2)CC2CCCO2)cc1. The number of thiophene rings is 1. The Balaban J connectivity index is 1.67. The average Bonchev–Trinajstić information content (AvgIpc) is 3.22. The van der Waals surface area contributed by atoms with Crippen LogP contribution < -0.4 is 0 Å². The first-order valence-electron chi connectivity index (χ1n) is 8.18. The first kappa shape index (κ1) is 16.2. The maximum Gasteiger partial charge on any atom is 0.227 e. The van der Waals surface area contributed by atoms with E-state index in [1.165, 1.54) is 10.4 Å². The molecule has 1 amide bonds. The van der Waals surface area contributed by atoms with Crippen LogP contribution in [0.15, 0.2) is 41.8 Å². The van der Waals surface area contributed by atoms with Crippen molar-refractivity contribution in [1.29, 1.82) is 0 Å². The van der Waals surface area contributed by atoms with Gasteiger partial charge in [0.25, 0.3) is 0 Å². The highest BCUT2D eigenvalue weighted by Crippen LogP contribution is 2.18. The van der Waals surface area contributed by atoms with Gasteiger partial charge in [-0.3, -0.25) is 4.79 Å². The smallest absolute Gasteiger partial charge is 0.227 e. The number of nitrogens with zero attached hydrogens (tertiary/aromatic N) is 1. The third-order valence-corrected chi connectivity index (χ3v) is 5.06. The van der Waals surface area contributed by atoms with Crippen molar-refractivity contribution in [1.82, 2.24) is 4.90 Å². The van der Waals surface area contributed by atoms with Crippen molar-refractivity contribution in [3.63, 3.8) is 0 Å². The first-order chi connectivity index (χ1) is 11.2. The van der Waals surface area contributed by atoms with E-state index in [-0.39, 0.29) is 12.0 Å². The molecule has 1 aromatic carbocycles. The molecule has 0 aliphatic carbocycles. The van der Waals surface area contributed by atoms with Crippen LogP contribution in [0.25, 0.3) is 0 Å². The fourth-order valence-corrected chi connectivity index (χ4v) is 3.59. The number of aryl methyl sites for hydroxylation is 1. The fraction of sp³-hybridized carbons (Fsp3) is 0.421. The molecule has 0 N–H and O–H groups in total. The highest BCUT2D eigenvalue weighted by Gasteiger charge is 2.23. The summed E-state index contributed by atoms with van der Waals surface area (Å²) in [6, 6.07) is 12.3. The highest BCUT2D eigenvalue weighted by molar-refractivity contribution is 7.09. The summed E-state index contributed by atoms with van der Waals surface area (Å²) in [6.45, 7) is 4.26. The van der Waals surface area contributed by atoms with Crippen LogP contribution in [0.1, 0.15) is 28.8 Å². The highest BCUT2D eigenvalue weighted by atomic mass is 32.1. The Hall–Kier alpha value is -1.65. The second-order valence-electron chi connectivity index (χ2n) is 6.15. The van der Waals surface area contributed by atoms with Gasteiger partial charge < -0.3 is 9.64 Å². The van der Waals surface area contributed by atoms with Crippen LogP contribution in [-0.2, 0) is 22.5 Å². The van der Waals surface area contributed by atoms with Gasteiger partial charge in [-0.2, -0.15) is 0 Å². The second kappa shape index (κ2) is 7.75. The standard InChI is InChI=1S/C19H23NO2S/c1-15-6-8-16(9-7-15)12-19(21)20(13-17-4-2-10-22-17)14-18-5-3-11-23-18/h3,5-9,11,17H,2,4,10,12-14H2,1H3. The lowest BCUT2D eigenvalue weighted by atomic mass is 10.1. The maximum atomic E-state index is 12.8. The van der Waals surface area contributed by atoms with Gasteiger partial charge in [-0.25, -0.2) is 0 Å². The van der Waals surface area contributed by atoms with Gasteiger partial charge in [0.15, 0.2) is 0 Å². The number of carbonyl (C=O) groups is 1. The zero-order valence-electron chi connectivity index (χ0n) is 13.5. The van der Waals surface area contributed by atoms with Gasteiger partial charge in [0.1, 0.15) is 0 Å². The molecule has 2 heterocycles. The van der Waals surface area contributed by atoms with Crippen molar-refractivity contribution in [2.45, 2.75) is 38.8 Å². The maximum absolute atomic E-state index is 12.8. The second-order valence-corrected chi connectivity index (χ2v) is 7.18. The lowest BCUT2D eigenvalue weighted by molar-refractivity contribution is -0.132. The van der Waals surface area contributed by atoms with Crippen LogP contribution >= 0.6 is 11.3 Å². The van der Waals surface area contributed by atoms with E-state index in [0.717, 1.165) is 25.0 Å². The predicted molar refractivity (Wildman–Crippen MR) is 93.6 cm³/mol. The van der Waals surface area contributed by atoms with E-state index in [4.69, 9.17) is 4.74 Å². The van der Waals surface area contributed by atoms with Gasteiger partial charge in [0.05, 0.1) is 19.1 Å². The number of hydrogen-bond acceptors (Lipinski definition) is 3. The molecular formula is C19H23NO2S. The van der Waals surface area contributed by atoms with E-state index in [2.05, 4.69) is 30.5 Å². The van der Waals surface area contributed by atoms with Gasteiger partial charge in [-0.15, -0.1) is 11.3 Å². The number of ether oxygens (including phenoxy) is 1. The molecule has 4 heteroatoms. The third kappa shape index (κ3) is 4.66. The molecule has 0 saturated carbocycles. The molecule has 1 aliphatic rings. The van der Waals surface area contributed by atoms with Crippen molar-refractivity contribution in [2.24, 2.45) is 0 Å². The van der Waals surface area contributed by atoms with E-state index in [1.807, 2.05) is 23.1 Å². The monoisotopic (exact) mass is 329 g/mol. The van der Waals surface area contributed by atoms with Gasteiger partial charge in [-0.1, -0.05) is 35.9 Å². The lowest BCUT2D eigenvalue weighted by Crippen LogP contribution is -2.37. The fourth-order valence-electron chi connectivity index (χ4n) is 2.87. The molecular weight excluding hydrogens is 306 g/mol. The van der Waals surface area contributed by atoms with Gasteiger partial charge in [0.2, 0.25) is 5.91 Å². The number of hydrogen-bond donors (Lipinski definition) is 0. The van der Waals surface area contributed by atoms with Crippen LogP contribution in [-0.4, -0.2) is 30.1 Å². The zero-order chi connectivity index (χ0) is 16.1. The van der Waals surface area contributed by atoms with Gasteiger partial charge in [-0.05, 0) is 36.8 Å². The van der Waals surface area contributed by atoms with Crippen LogP contribution in [0.4, 0.5) is 0 Å². The Morgan fingerprint density at radius 1 is 1.30 bits per heavy atom. The Labute approximate surface area is 141 Å². The van der Waals surface area contributed by atoms with Crippen LogP contribution in [0, 0.1) is 6.92 Å². The molecule has 1 saturated heterocycles. The minimum atomic E-state index is 0.178. The van der Waals surface area contributed by atoms with Gasteiger partial charge in [0, 0.05) is 18.0 Å². The number of carbonyl (C=O) groups excluding carboxylic acids is 1. The summed E-state index contributed by atoms with van der Waals surface area (Å²) in [4.78, 5) is 16.0. The van der Waals surface area contributed by atoms with Crippen molar-refractivity contribution in [3.8, 4) is 0 Å². The van der Waals surface area contributed by atoms with Crippen LogP contribution in [0.2, 0.25) is 0 Å². The topological polar surface area (TPSA) is 29.5 Å². The minimum Gasteiger partial charge on any atom is -0.376 e. The normalized spacial score (nSPS) is 17.3. The Kier molecular flexibility index (Phi) is 5.47. The summed E-state index contributed by atoms with van der Waals surface area (Å²) in [5.74, 6) is 0.178. The van der Waals surface area contributed by atoms with Crippen molar-refractivity contribution >= 4 is 17.2 Å². The Bertz CT molecular complexity index is 615. The molecule has 1 atom stereocenters. The molecule has 0 spiro atoms. The van der Waals surface area contributed by atoms with E-state index in [1.54, 1.807) is 11.3 Å². The van der Waals surface area contributed by atoms with Gasteiger partial charge >= 0.3 is 0 Å².